The highest BCUT2D eigenvalue weighted by Crippen LogP contribution is 2.25. The van der Waals surface area contributed by atoms with Crippen LogP contribution in [0.25, 0.3) is 4.98 Å². The molecule has 2 aromatic carbocycles. The van der Waals surface area contributed by atoms with Gasteiger partial charge in [-0.05, 0) is 38.3 Å². The Morgan fingerprint density at radius 2 is 1.77 bits per heavy atom. The number of ether oxygens (including phenoxy) is 1. The predicted octanol–water partition coefficient (Wildman–Crippen LogP) is 4.63. The minimum absolute atomic E-state index is 0.235. The Hall–Kier alpha value is -2.67. The third-order valence-electron chi connectivity index (χ3n) is 3.52. The van der Waals surface area contributed by atoms with E-state index in [1.54, 1.807) is 12.1 Å². The van der Waals surface area contributed by atoms with Crippen LogP contribution in [-0.4, -0.2) is 5.97 Å². The van der Waals surface area contributed by atoms with Crippen molar-refractivity contribution in [3.63, 3.8) is 0 Å². The minimum atomic E-state index is -0.289. The number of hydrogen-bond acceptors (Lipinski definition) is 3. The zero-order chi connectivity index (χ0) is 16.1. The van der Waals surface area contributed by atoms with Crippen molar-refractivity contribution < 1.29 is 9.53 Å². The van der Waals surface area contributed by atoms with Crippen LogP contribution < -0.4 is 4.74 Å². The molecule has 0 fully saturated rings. The first-order valence-electron chi connectivity index (χ1n) is 7.23. The van der Waals surface area contributed by atoms with Gasteiger partial charge in [-0.1, -0.05) is 35.9 Å². The van der Waals surface area contributed by atoms with E-state index in [4.69, 9.17) is 10.1 Å². The third kappa shape index (κ3) is 3.70. The molecular weight excluding hydrogens is 276 g/mol. The summed E-state index contributed by atoms with van der Waals surface area (Å²) in [6, 6.07) is 11.2. The molecule has 4 heteroatoms. The summed E-state index contributed by atoms with van der Waals surface area (Å²) in [4.78, 5) is 15.3. The Morgan fingerprint density at radius 1 is 1.14 bits per heavy atom. The summed E-state index contributed by atoms with van der Waals surface area (Å²) in [5.41, 5.74) is 4.36. The monoisotopic (exact) mass is 295 g/mol. The van der Waals surface area contributed by atoms with Crippen molar-refractivity contribution in [3.05, 3.63) is 63.6 Å². The van der Waals surface area contributed by atoms with Crippen LogP contribution in [-0.2, 0) is 11.2 Å². The quantitative estimate of drug-likeness (QED) is 0.469. The molecule has 0 aromatic heterocycles. The first kappa shape index (κ1) is 15.7. The van der Waals surface area contributed by atoms with E-state index in [0.29, 0.717) is 17.9 Å². The van der Waals surface area contributed by atoms with Crippen molar-refractivity contribution in [1.82, 2.24) is 0 Å². The van der Waals surface area contributed by atoms with E-state index in [9.17, 15) is 4.79 Å². The van der Waals surface area contributed by atoms with Gasteiger partial charge in [-0.25, -0.2) is 0 Å². The number of carbonyl (C=O) groups is 1. The first-order valence-corrected chi connectivity index (χ1v) is 7.23. The molecule has 2 rings (SSSR count). The second-order valence-electron chi connectivity index (χ2n) is 5.43. The van der Waals surface area contributed by atoms with Gasteiger partial charge in [0.15, 0.2) is 4.98 Å². The maximum Gasteiger partial charge on any atom is 0.388 e. The van der Waals surface area contributed by atoms with Crippen LogP contribution in [0.15, 0.2) is 36.4 Å². The lowest BCUT2D eigenvalue weighted by atomic mass is 10.1. The van der Waals surface area contributed by atoms with Gasteiger partial charge in [0.2, 0.25) is 5.39 Å². The molecule has 22 heavy (non-hydrogen) atoms. The smallest absolute Gasteiger partial charge is 0.388 e. The number of carbonyl (C=O) groups excluding carboxylic acids is 1. The molecule has 0 N–H and O–H groups in total. The Kier molecular flexibility index (Phi) is 4.90. The molecule has 0 atom stereocenters. The van der Waals surface area contributed by atoms with Gasteiger partial charge in [-0.15, -0.1) is 0 Å². The molecule has 0 aliphatic rings. The Bertz CT molecular complexity index is 722. The highest BCUT2D eigenvalue weighted by molar-refractivity contribution is 5.74. The van der Waals surface area contributed by atoms with Gasteiger partial charge in [0.1, 0.15) is 5.75 Å². The summed E-state index contributed by atoms with van der Waals surface area (Å²) in [6.07, 6.45) is 0.711. The topological polar surface area (TPSA) is 54.5 Å². The fraction of sp³-hybridized carbons (Fsp3) is 0.278. The van der Waals surface area contributed by atoms with Gasteiger partial charge >= 0.3 is 11.7 Å². The van der Waals surface area contributed by atoms with Gasteiger partial charge in [0.05, 0.1) is 6.42 Å². The number of hydrogen-bond donors (Lipinski definition) is 0. The lowest BCUT2D eigenvalue weighted by Crippen LogP contribution is -2.11. The summed E-state index contributed by atoms with van der Waals surface area (Å²) in [5.74, 6) is 0.346. The summed E-state index contributed by atoms with van der Waals surface area (Å²) < 4.78 is 5.49. The first-order chi connectivity index (χ1) is 10.5. The normalized spacial score (nSPS) is 10.1. The Balaban J connectivity index is 2.04. The molecule has 2 aromatic rings. The molecule has 0 saturated carbocycles. The molecular formula is C18H19N2O2+. The molecule has 0 bridgehead atoms. The van der Waals surface area contributed by atoms with E-state index in [2.05, 4.69) is 4.98 Å². The van der Waals surface area contributed by atoms with Crippen LogP contribution in [0, 0.1) is 26.2 Å². The van der Waals surface area contributed by atoms with Gasteiger partial charge in [-0.3, -0.25) is 4.79 Å². The fourth-order valence-electron chi connectivity index (χ4n) is 2.55. The molecule has 0 saturated heterocycles. The van der Waals surface area contributed by atoms with E-state index >= 15 is 0 Å². The fourth-order valence-corrected chi connectivity index (χ4v) is 2.55. The second-order valence-corrected chi connectivity index (χ2v) is 5.43. The SMILES string of the molecule is Cc1cc(C)c(OC(=O)CCc2ccccc2[N+]#N)c(C)c1. The second kappa shape index (κ2) is 6.86. The van der Waals surface area contributed by atoms with Crippen molar-refractivity contribution >= 4 is 11.7 Å². The van der Waals surface area contributed by atoms with Crippen LogP contribution >= 0.6 is 0 Å². The van der Waals surface area contributed by atoms with E-state index in [-0.39, 0.29) is 12.4 Å². The van der Waals surface area contributed by atoms with Crippen LogP contribution in [0.1, 0.15) is 28.7 Å². The van der Waals surface area contributed by atoms with E-state index in [0.717, 1.165) is 22.3 Å². The molecule has 4 nitrogen and oxygen atoms in total. The molecule has 0 aliphatic heterocycles. The highest BCUT2D eigenvalue weighted by Gasteiger charge is 2.15. The molecule has 0 spiro atoms. The number of diazo groups is 1. The van der Waals surface area contributed by atoms with Crippen LogP contribution in [0.3, 0.4) is 0 Å². The predicted molar refractivity (Wildman–Crippen MR) is 85.8 cm³/mol. The number of nitrogens with zero attached hydrogens (tertiary/aromatic N) is 2. The van der Waals surface area contributed by atoms with Crippen molar-refractivity contribution in [3.8, 4) is 5.75 Å². The number of benzene rings is 2. The number of esters is 1. The number of aryl methyl sites for hydroxylation is 4. The lowest BCUT2D eigenvalue weighted by molar-refractivity contribution is -0.134. The minimum Gasteiger partial charge on any atom is -0.426 e. The largest absolute Gasteiger partial charge is 0.426 e. The zero-order valence-electron chi connectivity index (χ0n) is 13.1. The average Bonchev–Trinajstić information content (AvgIpc) is 2.49. The van der Waals surface area contributed by atoms with Crippen LogP contribution in [0.5, 0.6) is 5.75 Å². The van der Waals surface area contributed by atoms with Crippen LogP contribution in [0.4, 0.5) is 5.69 Å². The summed E-state index contributed by atoms with van der Waals surface area (Å²) >= 11 is 0. The Morgan fingerprint density at radius 3 is 2.41 bits per heavy atom. The number of rotatable bonds is 4. The van der Waals surface area contributed by atoms with Gasteiger partial charge in [-0.2, -0.15) is 0 Å². The highest BCUT2D eigenvalue weighted by atomic mass is 16.5. The maximum atomic E-state index is 12.1. The lowest BCUT2D eigenvalue weighted by Gasteiger charge is -2.11. The van der Waals surface area contributed by atoms with Crippen molar-refractivity contribution in [2.45, 2.75) is 33.6 Å². The third-order valence-corrected chi connectivity index (χ3v) is 3.52. The molecule has 0 amide bonds. The molecule has 0 radical (unpaired) electrons. The summed E-state index contributed by atoms with van der Waals surface area (Å²) in [7, 11) is 0. The van der Waals surface area contributed by atoms with Gasteiger partial charge in [0, 0.05) is 11.6 Å². The van der Waals surface area contributed by atoms with E-state index in [1.165, 1.54) is 0 Å². The molecule has 112 valence electrons. The van der Waals surface area contributed by atoms with Crippen LogP contribution in [0.2, 0.25) is 0 Å². The van der Waals surface area contributed by atoms with E-state index in [1.807, 2.05) is 45.0 Å². The molecule has 0 aliphatic carbocycles. The zero-order valence-corrected chi connectivity index (χ0v) is 13.1. The van der Waals surface area contributed by atoms with Gasteiger partial charge in [0.25, 0.3) is 0 Å². The summed E-state index contributed by atoms with van der Waals surface area (Å²) in [6.45, 7) is 5.88. The summed E-state index contributed by atoms with van der Waals surface area (Å²) in [5, 5.41) is 8.93. The maximum absolute atomic E-state index is 12.1. The molecule has 0 unspecified atom stereocenters. The van der Waals surface area contributed by atoms with E-state index < -0.39 is 0 Å². The van der Waals surface area contributed by atoms with Gasteiger partial charge < -0.3 is 4.74 Å². The Labute approximate surface area is 130 Å². The standard InChI is InChI=1S/C18H19N2O2/c1-12-10-13(2)18(14(3)11-12)22-17(21)9-8-15-6-4-5-7-16(15)20-19/h4-7,10-11H,8-9H2,1-3H3/q+1. The average molecular weight is 295 g/mol. The molecule has 0 heterocycles. The van der Waals surface area contributed by atoms with Crippen molar-refractivity contribution in [2.24, 2.45) is 0 Å². The van der Waals surface area contributed by atoms with Crippen molar-refractivity contribution in [2.75, 3.05) is 0 Å². The van der Waals surface area contributed by atoms with Crippen molar-refractivity contribution in [1.29, 1.82) is 5.39 Å².